The van der Waals surface area contributed by atoms with Gasteiger partial charge >= 0.3 is 0 Å². The zero-order valence-corrected chi connectivity index (χ0v) is 16.5. The molecule has 0 aromatic heterocycles. The second-order valence-electron chi connectivity index (χ2n) is 6.77. The molecular weight excluding hydrogens is 350 g/mol. The Labute approximate surface area is 155 Å². The lowest BCUT2D eigenvalue weighted by molar-refractivity contribution is -0.112. The molecule has 1 amide bonds. The summed E-state index contributed by atoms with van der Waals surface area (Å²) >= 11 is 0. The van der Waals surface area contributed by atoms with Crippen LogP contribution in [0.15, 0.2) is 23.9 Å². The summed E-state index contributed by atoms with van der Waals surface area (Å²) in [6.07, 6.45) is 2.00. The van der Waals surface area contributed by atoms with E-state index in [1.807, 2.05) is 45.9 Å². The van der Waals surface area contributed by atoms with E-state index in [9.17, 15) is 18.5 Å². The predicted octanol–water partition coefficient (Wildman–Crippen LogP) is 2.47. The Morgan fingerprint density at radius 1 is 1.35 bits per heavy atom. The fourth-order valence-corrected chi connectivity index (χ4v) is 5.10. The van der Waals surface area contributed by atoms with Gasteiger partial charge in [0, 0.05) is 24.5 Å². The number of sulfone groups is 1. The first-order valence-corrected chi connectivity index (χ1v) is 10.5. The average Bonchev–Trinajstić information content (AvgIpc) is 2.91. The van der Waals surface area contributed by atoms with E-state index in [1.54, 1.807) is 4.90 Å². The van der Waals surface area contributed by atoms with Crippen LogP contribution in [0.4, 0.5) is 5.69 Å². The highest BCUT2D eigenvalue weighted by Crippen LogP contribution is 2.23. The van der Waals surface area contributed by atoms with Gasteiger partial charge in [-0.2, -0.15) is 5.26 Å². The second kappa shape index (κ2) is 7.92. The van der Waals surface area contributed by atoms with Crippen LogP contribution >= 0.6 is 0 Å². The van der Waals surface area contributed by atoms with Gasteiger partial charge in [-0.15, -0.1) is 0 Å². The van der Waals surface area contributed by atoms with Crippen LogP contribution in [0.3, 0.4) is 0 Å². The monoisotopic (exact) mass is 375 g/mol. The Kier molecular flexibility index (Phi) is 6.09. The fourth-order valence-electron chi connectivity index (χ4n) is 3.35. The average molecular weight is 375 g/mol. The molecule has 0 radical (unpaired) electrons. The van der Waals surface area contributed by atoms with Crippen molar-refractivity contribution in [2.75, 3.05) is 23.4 Å². The predicted molar refractivity (Wildman–Crippen MR) is 102 cm³/mol. The number of aryl methyl sites for hydroxylation is 3. The molecule has 0 spiro atoms. The minimum atomic E-state index is -3.03. The third-order valence-electron chi connectivity index (χ3n) is 4.62. The molecule has 0 bridgehead atoms. The van der Waals surface area contributed by atoms with Crippen LogP contribution in [0, 0.1) is 32.1 Å². The van der Waals surface area contributed by atoms with Crippen molar-refractivity contribution in [1.29, 1.82) is 5.26 Å². The summed E-state index contributed by atoms with van der Waals surface area (Å²) < 4.78 is 23.4. The van der Waals surface area contributed by atoms with E-state index in [-0.39, 0.29) is 23.1 Å². The lowest BCUT2D eigenvalue weighted by atomic mass is 10.0. The zero-order chi connectivity index (χ0) is 19.5. The molecule has 7 heteroatoms. The molecule has 1 saturated heterocycles. The molecule has 1 aliphatic heterocycles. The zero-order valence-electron chi connectivity index (χ0n) is 15.7. The van der Waals surface area contributed by atoms with Gasteiger partial charge in [0.1, 0.15) is 11.6 Å². The van der Waals surface area contributed by atoms with Crippen molar-refractivity contribution >= 4 is 21.4 Å². The summed E-state index contributed by atoms with van der Waals surface area (Å²) in [5.41, 5.74) is 3.64. The standard InChI is InChI=1S/C19H25N3O3S/c1-5-22(17-6-7-26(24,25)12-17)11-16(10-20)19(23)21-18-14(3)8-13(2)9-15(18)4/h8-9,11,17H,5-7,12H2,1-4H3,(H,21,23)/b16-11-. The Hall–Kier alpha value is -2.33. The molecule has 6 nitrogen and oxygen atoms in total. The van der Waals surface area contributed by atoms with Crippen molar-refractivity contribution in [3.05, 3.63) is 40.6 Å². The van der Waals surface area contributed by atoms with E-state index in [0.717, 1.165) is 16.7 Å². The van der Waals surface area contributed by atoms with Gasteiger partial charge in [-0.25, -0.2) is 8.42 Å². The number of hydrogen-bond donors (Lipinski definition) is 1. The maximum Gasteiger partial charge on any atom is 0.267 e. The van der Waals surface area contributed by atoms with Crippen LogP contribution in [-0.2, 0) is 14.6 Å². The van der Waals surface area contributed by atoms with Gasteiger partial charge in [-0.3, -0.25) is 4.79 Å². The molecule has 2 rings (SSSR count). The molecule has 1 fully saturated rings. The summed E-state index contributed by atoms with van der Waals surface area (Å²) in [7, 11) is -3.03. The van der Waals surface area contributed by atoms with Gasteiger partial charge in [0.2, 0.25) is 0 Å². The first-order chi connectivity index (χ1) is 12.2. The van der Waals surface area contributed by atoms with E-state index in [4.69, 9.17) is 0 Å². The Morgan fingerprint density at radius 2 is 1.96 bits per heavy atom. The summed E-state index contributed by atoms with van der Waals surface area (Å²) in [6.45, 7) is 8.21. The maximum atomic E-state index is 12.6. The van der Waals surface area contributed by atoms with E-state index < -0.39 is 15.7 Å². The molecule has 1 heterocycles. The van der Waals surface area contributed by atoms with E-state index >= 15 is 0 Å². The molecule has 1 atom stereocenters. The number of anilines is 1. The molecular formula is C19H25N3O3S. The van der Waals surface area contributed by atoms with E-state index in [1.165, 1.54) is 6.20 Å². The van der Waals surface area contributed by atoms with Gasteiger partial charge in [0.25, 0.3) is 5.91 Å². The Morgan fingerprint density at radius 3 is 2.42 bits per heavy atom. The third kappa shape index (κ3) is 4.64. The molecule has 1 unspecified atom stereocenters. The highest BCUT2D eigenvalue weighted by Gasteiger charge is 2.31. The van der Waals surface area contributed by atoms with Crippen LogP contribution < -0.4 is 5.32 Å². The first kappa shape index (κ1) is 20.0. The van der Waals surface area contributed by atoms with Gasteiger partial charge in [-0.1, -0.05) is 17.7 Å². The minimum absolute atomic E-state index is 0.0319. The Balaban J connectivity index is 2.23. The quantitative estimate of drug-likeness (QED) is 0.631. The van der Waals surface area contributed by atoms with Crippen molar-refractivity contribution in [3.63, 3.8) is 0 Å². The molecule has 0 aliphatic carbocycles. The summed E-state index contributed by atoms with van der Waals surface area (Å²) in [5, 5.41) is 12.2. The van der Waals surface area contributed by atoms with E-state index in [2.05, 4.69) is 5.32 Å². The van der Waals surface area contributed by atoms with Crippen molar-refractivity contribution in [2.45, 2.75) is 40.2 Å². The van der Waals surface area contributed by atoms with Crippen molar-refractivity contribution in [1.82, 2.24) is 4.90 Å². The topological polar surface area (TPSA) is 90.3 Å². The number of nitrogens with one attached hydrogen (secondary N) is 1. The third-order valence-corrected chi connectivity index (χ3v) is 6.37. The minimum Gasteiger partial charge on any atom is -0.372 e. The van der Waals surface area contributed by atoms with Crippen LogP contribution in [0.25, 0.3) is 0 Å². The van der Waals surface area contributed by atoms with E-state index in [0.29, 0.717) is 18.7 Å². The van der Waals surface area contributed by atoms with Crippen molar-refractivity contribution in [3.8, 4) is 6.07 Å². The highest BCUT2D eigenvalue weighted by atomic mass is 32.2. The number of nitriles is 1. The lowest BCUT2D eigenvalue weighted by Crippen LogP contribution is -2.32. The first-order valence-electron chi connectivity index (χ1n) is 8.64. The second-order valence-corrected chi connectivity index (χ2v) is 9.00. The lowest BCUT2D eigenvalue weighted by Gasteiger charge is -2.25. The summed E-state index contributed by atoms with van der Waals surface area (Å²) in [5.74, 6) is -0.270. The molecule has 1 N–H and O–H groups in total. The molecule has 1 aromatic carbocycles. The number of carbonyl (C=O) groups is 1. The molecule has 1 aliphatic rings. The van der Waals surface area contributed by atoms with Crippen molar-refractivity contribution < 1.29 is 13.2 Å². The van der Waals surface area contributed by atoms with Crippen LogP contribution in [0.5, 0.6) is 0 Å². The van der Waals surface area contributed by atoms with Gasteiger partial charge < -0.3 is 10.2 Å². The maximum absolute atomic E-state index is 12.6. The Bertz CT molecular complexity index is 859. The number of benzene rings is 1. The molecule has 0 saturated carbocycles. The normalized spacial score (nSPS) is 19.0. The summed E-state index contributed by atoms with van der Waals surface area (Å²) in [4.78, 5) is 14.4. The van der Waals surface area contributed by atoms with Crippen LogP contribution in [0.1, 0.15) is 30.0 Å². The SMILES string of the molecule is CCN(/C=C(/C#N)C(=O)Nc1c(C)cc(C)cc1C)C1CCS(=O)(=O)C1. The number of nitrogens with zero attached hydrogens (tertiary/aromatic N) is 2. The number of rotatable bonds is 5. The number of hydrogen-bond acceptors (Lipinski definition) is 5. The smallest absolute Gasteiger partial charge is 0.267 e. The van der Waals surface area contributed by atoms with Crippen LogP contribution in [-0.4, -0.2) is 43.3 Å². The van der Waals surface area contributed by atoms with Gasteiger partial charge in [0.05, 0.1) is 11.5 Å². The molecule has 1 aromatic rings. The molecule has 140 valence electrons. The largest absolute Gasteiger partial charge is 0.372 e. The van der Waals surface area contributed by atoms with Gasteiger partial charge in [0.15, 0.2) is 9.84 Å². The fraction of sp³-hybridized carbons (Fsp3) is 0.474. The number of carbonyl (C=O) groups excluding carboxylic acids is 1. The molecule has 26 heavy (non-hydrogen) atoms. The van der Waals surface area contributed by atoms with Crippen LogP contribution in [0.2, 0.25) is 0 Å². The number of amides is 1. The summed E-state index contributed by atoms with van der Waals surface area (Å²) in [6, 6.07) is 5.69. The van der Waals surface area contributed by atoms with Crippen molar-refractivity contribution in [2.24, 2.45) is 0 Å². The highest BCUT2D eigenvalue weighted by molar-refractivity contribution is 7.91. The van der Waals surface area contributed by atoms with Gasteiger partial charge in [-0.05, 0) is 45.2 Å².